The molecule has 0 fully saturated rings. The second-order valence-electron chi connectivity index (χ2n) is 4.41. The summed E-state index contributed by atoms with van der Waals surface area (Å²) in [5.41, 5.74) is 4.13. The molecule has 0 aliphatic rings. The number of rotatable bonds is 0. The maximum atomic E-state index is 9.19. The fraction of sp³-hybridized carbons (Fsp3) is 0.133. The zero-order valence-corrected chi connectivity index (χ0v) is 10.2. The van der Waals surface area contributed by atoms with Gasteiger partial charge in [-0.05, 0) is 26.0 Å². The summed E-state index contributed by atoms with van der Waals surface area (Å²) in [4.78, 5) is 9.09. The van der Waals surface area contributed by atoms with Crippen molar-refractivity contribution >= 4 is 21.8 Å². The first-order chi connectivity index (χ1) is 8.69. The molecule has 0 N–H and O–H groups in total. The molecule has 18 heavy (non-hydrogen) atoms. The van der Waals surface area contributed by atoms with E-state index in [1.54, 1.807) is 0 Å². The molecule has 3 aromatic rings. The minimum absolute atomic E-state index is 0.655. The van der Waals surface area contributed by atoms with Crippen LogP contribution in [0.15, 0.2) is 30.3 Å². The van der Waals surface area contributed by atoms with E-state index in [4.69, 9.17) is 0 Å². The van der Waals surface area contributed by atoms with Crippen LogP contribution >= 0.6 is 0 Å². The van der Waals surface area contributed by atoms with Gasteiger partial charge in [-0.1, -0.05) is 18.2 Å². The number of fused-ring (bicyclic) bond motifs is 3. The summed E-state index contributed by atoms with van der Waals surface area (Å²) in [6.07, 6.45) is 0. The van der Waals surface area contributed by atoms with Crippen molar-refractivity contribution in [3.63, 3.8) is 0 Å². The van der Waals surface area contributed by atoms with Crippen LogP contribution < -0.4 is 0 Å². The first kappa shape index (κ1) is 10.7. The third kappa shape index (κ3) is 1.51. The maximum absolute atomic E-state index is 9.19. The molecule has 0 amide bonds. The molecule has 3 heteroatoms. The highest BCUT2D eigenvalue weighted by atomic mass is 14.8. The smallest absolute Gasteiger partial charge is 0.0999 e. The van der Waals surface area contributed by atoms with Crippen molar-refractivity contribution in [2.45, 2.75) is 13.8 Å². The molecular formula is C15H11N3. The summed E-state index contributed by atoms with van der Waals surface area (Å²) in [6.45, 7) is 3.86. The summed E-state index contributed by atoms with van der Waals surface area (Å²) >= 11 is 0. The van der Waals surface area contributed by atoms with E-state index in [1.807, 2.05) is 44.2 Å². The number of aromatic nitrogens is 2. The molecule has 2 aromatic heterocycles. The number of hydrogen-bond acceptors (Lipinski definition) is 3. The third-order valence-electron chi connectivity index (χ3n) is 3.03. The van der Waals surface area contributed by atoms with Gasteiger partial charge in [0.05, 0.1) is 22.7 Å². The molecule has 0 aliphatic carbocycles. The van der Waals surface area contributed by atoms with Crippen molar-refractivity contribution in [2.24, 2.45) is 0 Å². The molecule has 0 aliphatic heterocycles. The van der Waals surface area contributed by atoms with Gasteiger partial charge in [0.2, 0.25) is 0 Å². The Morgan fingerprint density at radius 3 is 2.44 bits per heavy atom. The van der Waals surface area contributed by atoms with Gasteiger partial charge < -0.3 is 0 Å². The highest BCUT2D eigenvalue weighted by Gasteiger charge is 2.08. The largest absolute Gasteiger partial charge is 0.251 e. The van der Waals surface area contributed by atoms with E-state index in [0.29, 0.717) is 5.56 Å². The number of nitrogens with zero attached hydrogens (tertiary/aromatic N) is 3. The van der Waals surface area contributed by atoms with Crippen LogP contribution in [-0.2, 0) is 0 Å². The van der Waals surface area contributed by atoms with E-state index in [9.17, 15) is 5.26 Å². The molecule has 0 bridgehead atoms. The molecule has 3 nitrogen and oxygen atoms in total. The van der Waals surface area contributed by atoms with E-state index in [2.05, 4.69) is 16.0 Å². The van der Waals surface area contributed by atoms with Gasteiger partial charge in [0.1, 0.15) is 0 Å². The zero-order valence-electron chi connectivity index (χ0n) is 10.2. The van der Waals surface area contributed by atoms with E-state index in [-0.39, 0.29) is 0 Å². The lowest BCUT2D eigenvalue weighted by atomic mass is 10.1. The fourth-order valence-corrected chi connectivity index (χ4v) is 2.19. The molecule has 0 saturated carbocycles. The zero-order chi connectivity index (χ0) is 12.7. The van der Waals surface area contributed by atoms with Gasteiger partial charge in [-0.3, -0.25) is 9.97 Å². The quantitative estimate of drug-likeness (QED) is 0.560. The van der Waals surface area contributed by atoms with Gasteiger partial charge in [0.25, 0.3) is 0 Å². The lowest BCUT2D eigenvalue weighted by molar-refractivity contribution is 1.22. The van der Waals surface area contributed by atoms with Crippen molar-refractivity contribution in [3.05, 3.63) is 47.3 Å². The van der Waals surface area contributed by atoms with E-state index in [1.165, 1.54) is 0 Å². The van der Waals surface area contributed by atoms with Crippen LogP contribution in [0.5, 0.6) is 0 Å². The lowest BCUT2D eigenvalue weighted by Crippen LogP contribution is -1.92. The SMILES string of the molecule is Cc1ccc2ccc3c(C#N)cc(C)nc3c2n1. The van der Waals surface area contributed by atoms with Gasteiger partial charge in [0.15, 0.2) is 0 Å². The molecular weight excluding hydrogens is 222 g/mol. The Hall–Kier alpha value is -2.47. The second-order valence-corrected chi connectivity index (χ2v) is 4.41. The topological polar surface area (TPSA) is 49.6 Å². The molecule has 2 heterocycles. The van der Waals surface area contributed by atoms with Crippen molar-refractivity contribution in [2.75, 3.05) is 0 Å². The van der Waals surface area contributed by atoms with Crippen LogP contribution in [0.2, 0.25) is 0 Å². The molecule has 0 spiro atoms. The van der Waals surface area contributed by atoms with Crippen LogP contribution in [0, 0.1) is 25.2 Å². The molecule has 86 valence electrons. The summed E-state index contributed by atoms with van der Waals surface area (Å²) in [6, 6.07) is 12.0. The molecule has 0 atom stereocenters. The van der Waals surface area contributed by atoms with Crippen molar-refractivity contribution in [1.82, 2.24) is 9.97 Å². The summed E-state index contributed by atoms with van der Waals surface area (Å²) in [5, 5.41) is 11.1. The predicted octanol–water partition coefficient (Wildman–Crippen LogP) is 3.27. The standard InChI is InChI=1S/C15H11N3/c1-9-3-4-11-5-6-13-12(8-16)7-10(2)18-15(13)14(11)17-9/h3-7H,1-2H3. The molecule has 1 aromatic carbocycles. The van der Waals surface area contributed by atoms with Gasteiger partial charge in [0, 0.05) is 22.2 Å². The van der Waals surface area contributed by atoms with Crippen LogP contribution in [0.25, 0.3) is 21.8 Å². The van der Waals surface area contributed by atoms with Gasteiger partial charge >= 0.3 is 0 Å². The minimum atomic E-state index is 0.655. The number of aryl methyl sites for hydroxylation is 2. The van der Waals surface area contributed by atoms with E-state index >= 15 is 0 Å². The average Bonchev–Trinajstić information content (AvgIpc) is 2.37. The van der Waals surface area contributed by atoms with E-state index < -0.39 is 0 Å². The first-order valence-corrected chi connectivity index (χ1v) is 5.77. The van der Waals surface area contributed by atoms with E-state index in [0.717, 1.165) is 33.2 Å². The average molecular weight is 233 g/mol. The van der Waals surface area contributed by atoms with Crippen molar-refractivity contribution in [3.8, 4) is 6.07 Å². The Bertz CT molecular complexity index is 813. The highest BCUT2D eigenvalue weighted by Crippen LogP contribution is 2.25. The van der Waals surface area contributed by atoms with Crippen LogP contribution in [0.3, 0.4) is 0 Å². The maximum Gasteiger partial charge on any atom is 0.0999 e. The Kier molecular flexibility index (Phi) is 2.24. The molecule has 0 radical (unpaired) electrons. The van der Waals surface area contributed by atoms with Gasteiger partial charge in [-0.25, -0.2) is 0 Å². The number of hydrogen-bond donors (Lipinski definition) is 0. The van der Waals surface area contributed by atoms with Gasteiger partial charge in [-0.2, -0.15) is 5.26 Å². The van der Waals surface area contributed by atoms with Crippen molar-refractivity contribution < 1.29 is 0 Å². The lowest BCUT2D eigenvalue weighted by Gasteiger charge is -2.06. The Labute approximate surface area is 105 Å². The highest BCUT2D eigenvalue weighted by molar-refractivity contribution is 6.04. The van der Waals surface area contributed by atoms with Crippen LogP contribution in [-0.4, -0.2) is 9.97 Å². The Balaban J connectivity index is 2.58. The Morgan fingerprint density at radius 1 is 0.944 bits per heavy atom. The van der Waals surface area contributed by atoms with Crippen molar-refractivity contribution in [1.29, 1.82) is 5.26 Å². The number of benzene rings is 1. The first-order valence-electron chi connectivity index (χ1n) is 5.77. The fourth-order valence-electron chi connectivity index (χ4n) is 2.19. The predicted molar refractivity (Wildman–Crippen MR) is 71.2 cm³/mol. The Morgan fingerprint density at radius 2 is 1.67 bits per heavy atom. The van der Waals surface area contributed by atoms with Gasteiger partial charge in [-0.15, -0.1) is 0 Å². The van der Waals surface area contributed by atoms with Crippen LogP contribution in [0.4, 0.5) is 0 Å². The molecule has 3 rings (SSSR count). The molecule has 0 saturated heterocycles. The second kappa shape index (κ2) is 3.78. The summed E-state index contributed by atoms with van der Waals surface area (Å²) in [7, 11) is 0. The summed E-state index contributed by atoms with van der Waals surface area (Å²) < 4.78 is 0. The third-order valence-corrected chi connectivity index (χ3v) is 3.03. The normalized spacial score (nSPS) is 10.7. The number of pyridine rings is 2. The monoisotopic (exact) mass is 233 g/mol. The van der Waals surface area contributed by atoms with Crippen LogP contribution in [0.1, 0.15) is 17.0 Å². The summed E-state index contributed by atoms with van der Waals surface area (Å²) in [5.74, 6) is 0. The molecule has 0 unspecified atom stereocenters. The minimum Gasteiger partial charge on any atom is -0.251 e. The number of nitriles is 1.